The van der Waals surface area contributed by atoms with Crippen molar-refractivity contribution in [2.24, 2.45) is 0 Å². The van der Waals surface area contributed by atoms with Crippen LogP contribution in [0.1, 0.15) is 29.3 Å². The number of ketones is 1. The molecule has 2 heteroatoms. The monoisotopic (exact) mass is 182 g/mol. The summed E-state index contributed by atoms with van der Waals surface area (Å²) in [7, 11) is 0. The molecular weight excluding hydrogens is 172 g/mol. The highest BCUT2D eigenvalue weighted by molar-refractivity contribution is 6.17. The number of carbonyl (C=O) groups is 1. The topological polar surface area (TPSA) is 17.1 Å². The summed E-state index contributed by atoms with van der Waals surface area (Å²) in [5.41, 5.74) is 1.76. The molecule has 64 valence electrons. The Bertz CT molecular complexity index is 281. The molecule has 1 aromatic carbocycles. The minimum absolute atomic E-state index is 0.168. The van der Waals surface area contributed by atoms with Crippen molar-refractivity contribution in [3.63, 3.8) is 0 Å². The average molecular weight is 183 g/mol. The van der Waals surface area contributed by atoms with E-state index in [4.69, 9.17) is 11.6 Å². The fourth-order valence-corrected chi connectivity index (χ4v) is 1.20. The van der Waals surface area contributed by atoms with Gasteiger partial charge in [0.05, 0.1) is 0 Å². The molecule has 0 spiro atoms. The van der Waals surface area contributed by atoms with Gasteiger partial charge in [0.1, 0.15) is 0 Å². The van der Waals surface area contributed by atoms with Crippen LogP contribution in [0.25, 0.3) is 0 Å². The first kappa shape index (κ1) is 9.27. The van der Waals surface area contributed by atoms with Gasteiger partial charge in [-0.2, -0.15) is 0 Å². The van der Waals surface area contributed by atoms with E-state index in [-0.39, 0.29) is 5.78 Å². The number of carbonyl (C=O) groups excluding carboxylic acids is 1. The zero-order chi connectivity index (χ0) is 8.97. The molecule has 0 bridgehead atoms. The Balaban J connectivity index is 2.93. The van der Waals surface area contributed by atoms with Crippen molar-refractivity contribution in [1.29, 1.82) is 0 Å². The van der Waals surface area contributed by atoms with Crippen LogP contribution in [0.2, 0.25) is 0 Å². The second-order valence-electron chi connectivity index (χ2n) is 2.61. The molecule has 0 atom stereocenters. The van der Waals surface area contributed by atoms with E-state index in [9.17, 15) is 4.79 Å². The van der Waals surface area contributed by atoms with Gasteiger partial charge in [-0.05, 0) is 11.6 Å². The smallest absolute Gasteiger partial charge is 0.162 e. The first-order chi connectivity index (χ1) is 5.77. The van der Waals surface area contributed by atoms with Crippen molar-refractivity contribution in [2.45, 2.75) is 19.2 Å². The Kier molecular flexibility index (Phi) is 3.30. The first-order valence-corrected chi connectivity index (χ1v) is 4.49. The number of hydrogen-bond donors (Lipinski definition) is 0. The van der Waals surface area contributed by atoms with Gasteiger partial charge in [0, 0.05) is 17.9 Å². The summed E-state index contributed by atoms with van der Waals surface area (Å²) in [6.07, 6.45) is 0.547. The summed E-state index contributed by atoms with van der Waals surface area (Å²) in [4.78, 5) is 11.2. The fraction of sp³-hybridized carbons (Fsp3) is 0.300. The highest BCUT2D eigenvalue weighted by Gasteiger charge is 2.02. The molecule has 0 aliphatic heterocycles. The summed E-state index contributed by atoms with van der Waals surface area (Å²) in [6.45, 7) is 1.86. The van der Waals surface area contributed by atoms with Crippen LogP contribution in [0.4, 0.5) is 0 Å². The van der Waals surface area contributed by atoms with E-state index in [0.717, 1.165) is 11.1 Å². The Morgan fingerprint density at radius 2 is 2.25 bits per heavy atom. The van der Waals surface area contributed by atoms with Crippen molar-refractivity contribution in [3.05, 3.63) is 35.4 Å². The molecule has 1 aromatic rings. The van der Waals surface area contributed by atoms with E-state index in [1.54, 1.807) is 0 Å². The summed E-state index contributed by atoms with van der Waals surface area (Å²) >= 11 is 5.64. The van der Waals surface area contributed by atoms with Gasteiger partial charge in [-0.25, -0.2) is 0 Å². The van der Waals surface area contributed by atoms with Gasteiger partial charge in [-0.15, -0.1) is 11.6 Å². The van der Waals surface area contributed by atoms with Gasteiger partial charge >= 0.3 is 0 Å². The van der Waals surface area contributed by atoms with E-state index in [1.165, 1.54) is 0 Å². The SMILES string of the molecule is CCC(=O)c1cccc(CCl)c1. The summed E-state index contributed by atoms with van der Waals surface area (Å²) < 4.78 is 0. The van der Waals surface area contributed by atoms with Gasteiger partial charge in [0.2, 0.25) is 0 Å². The quantitative estimate of drug-likeness (QED) is 0.519. The van der Waals surface area contributed by atoms with Crippen molar-refractivity contribution >= 4 is 17.4 Å². The van der Waals surface area contributed by atoms with Gasteiger partial charge < -0.3 is 0 Å². The van der Waals surface area contributed by atoms with Crippen LogP contribution in [-0.2, 0) is 5.88 Å². The lowest BCUT2D eigenvalue weighted by Gasteiger charge is -1.99. The van der Waals surface area contributed by atoms with E-state index >= 15 is 0 Å². The normalized spacial score (nSPS) is 9.83. The zero-order valence-corrected chi connectivity index (χ0v) is 7.77. The lowest BCUT2D eigenvalue weighted by atomic mass is 10.1. The maximum absolute atomic E-state index is 11.2. The first-order valence-electron chi connectivity index (χ1n) is 3.96. The lowest BCUT2D eigenvalue weighted by Crippen LogP contribution is -1.96. The summed E-state index contributed by atoms with van der Waals surface area (Å²) in [5.74, 6) is 0.632. The molecule has 12 heavy (non-hydrogen) atoms. The van der Waals surface area contributed by atoms with Crippen LogP contribution in [0.3, 0.4) is 0 Å². The largest absolute Gasteiger partial charge is 0.294 e. The number of rotatable bonds is 3. The molecule has 0 heterocycles. The summed E-state index contributed by atoms with van der Waals surface area (Å²) in [6, 6.07) is 7.45. The predicted molar refractivity (Wildman–Crippen MR) is 50.6 cm³/mol. The second-order valence-corrected chi connectivity index (χ2v) is 2.88. The van der Waals surface area contributed by atoms with E-state index in [0.29, 0.717) is 12.3 Å². The highest BCUT2D eigenvalue weighted by Crippen LogP contribution is 2.09. The van der Waals surface area contributed by atoms with Crippen molar-refractivity contribution in [1.82, 2.24) is 0 Å². The molecular formula is C10H11ClO. The second kappa shape index (κ2) is 4.27. The van der Waals surface area contributed by atoms with E-state index < -0.39 is 0 Å². The zero-order valence-electron chi connectivity index (χ0n) is 7.01. The molecule has 0 unspecified atom stereocenters. The molecule has 0 saturated heterocycles. The average Bonchev–Trinajstić information content (AvgIpc) is 2.17. The molecule has 1 nitrogen and oxygen atoms in total. The molecule has 0 saturated carbocycles. The van der Waals surface area contributed by atoms with Crippen molar-refractivity contribution in [2.75, 3.05) is 0 Å². The van der Waals surface area contributed by atoms with Gasteiger partial charge in [-0.3, -0.25) is 4.79 Å². The maximum atomic E-state index is 11.2. The molecule has 0 N–H and O–H groups in total. The Labute approximate surface area is 77.4 Å². The third-order valence-electron chi connectivity index (χ3n) is 1.72. The molecule has 0 aliphatic rings. The van der Waals surface area contributed by atoms with Crippen LogP contribution >= 0.6 is 11.6 Å². The highest BCUT2D eigenvalue weighted by atomic mass is 35.5. The molecule has 0 fully saturated rings. The van der Waals surface area contributed by atoms with Crippen LogP contribution in [0, 0.1) is 0 Å². The number of alkyl halides is 1. The third-order valence-corrected chi connectivity index (χ3v) is 2.03. The lowest BCUT2D eigenvalue weighted by molar-refractivity contribution is 0.0988. The Hall–Kier alpha value is -0.820. The van der Waals surface area contributed by atoms with Crippen LogP contribution in [0.15, 0.2) is 24.3 Å². The number of hydrogen-bond acceptors (Lipinski definition) is 1. The molecule has 0 amide bonds. The molecule has 0 aliphatic carbocycles. The minimum atomic E-state index is 0.168. The maximum Gasteiger partial charge on any atom is 0.162 e. The van der Waals surface area contributed by atoms with Crippen LogP contribution < -0.4 is 0 Å². The van der Waals surface area contributed by atoms with Gasteiger partial charge in [0.15, 0.2) is 5.78 Å². The standard InChI is InChI=1S/C10H11ClO/c1-2-10(12)9-5-3-4-8(6-9)7-11/h3-6H,2,7H2,1H3. The van der Waals surface area contributed by atoms with E-state index in [1.807, 2.05) is 31.2 Å². The Morgan fingerprint density at radius 1 is 1.50 bits per heavy atom. The van der Waals surface area contributed by atoms with Gasteiger partial charge in [-0.1, -0.05) is 25.1 Å². The Morgan fingerprint density at radius 3 is 2.83 bits per heavy atom. The number of benzene rings is 1. The van der Waals surface area contributed by atoms with Crippen LogP contribution in [0.5, 0.6) is 0 Å². The molecule has 0 aromatic heterocycles. The van der Waals surface area contributed by atoms with E-state index in [2.05, 4.69) is 0 Å². The minimum Gasteiger partial charge on any atom is -0.294 e. The predicted octanol–water partition coefficient (Wildman–Crippen LogP) is 3.02. The van der Waals surface area contributed by atoms with Crippen molar-refractivity contribution in [3.8, 4) is 0 Å². The van der Waals surface area contributed by atoms with Crippen molar-refractivity contribution < 1.29 is 4.79 Å². The molecule has 1 rings (SSSR count). The molecule has 0 radical (unpaired) electrons. The number of halogens is 1. The van der Waals surface area contributed by atoms with Gasteiger partial charge in [0.25, 0.3) is 0 Å². The third kappa shape index (κ3) is 2.08. The number of Topliss-reactive ketones (excluding diaryl/α,β-unsaturated/α-hetero) is 1. The summed E-state index contributed by atoms with van der Waals surface area (Å²) in [5, 5.41) is 0. The van der Waals surface area contributed by atoms with Crippen LogP contribution in [-0.4, -0.2) is 5.78 Å². The fourth-order valence-electron chi connectivity index (χ4n) is 1.03.